The van der Waals surface area contributed by atoms with Crippen LogP contribution in [0, 0.1) is 0 Å². The standard InChI is InChI=1S/C56H50NO11P3/c1-4-43-57(44-5-2)69(58,61-48-21-11-6-12-22-48)62-53-37-31-45(32-38-53)56(3,46-33-39-54(40-34-46)67-70(59,63-49-23-13-7-14-24-49)64-50-25-15-8-16-26-50)47-35-41-55(42-36-47)68-71(60,65-51-27-17-9-18-28-51)66-52-29-19-10-20-30-52/h4-42H,1-2,43-44H2,3H3. The van der Waals surface area contributed by atoms with Crippen LogP contribution in [0.1, 0.15) is 23.6 Å². The molecule has 8 aromatic carbocycles. The summed E-state index contributed by atoms with van der Waals surface area (Å²) in [5.74, 6) is 2.24. The van der Waals surface area contributed by atoms with Crippen molar-refractivity contribution in [3.63, 3.8) is 0 Å². The average Bonchev–Trinajstić information content (AvgIpc) is 3.38. The third-order valence-corrected chi connectivity index (χ3v) is 15.3. The van der Waals surface area contributed by atoms with Crippen molar-refractivity contribution in [1.29, 1.82) is 0 Å². The molecule has 0 saturated carbocycles. The van der Waals surface area contributed by atoms with Gasteiger partial charge in [-0.2, -0.15) is 13.8 Å². The van der Waals surface area contributed by atoms with Gasteiger partial charge in [-0.15, -0.1) is 13.2 Å². The van der Waals surface area contributed by atoms with Crippen LogP contribution in [0.25, 0.3) is 0 Å². The average molecular weight is 1010 g/mol. The van der Waals surface area contributed by atoms with Crippen LogP contribution in [0.3, 0.4) is 0 Å². The Morgan fingerprint density at radius 2 is 0.563 bits per heavy atom. The number of rotatable bonds is 24. The van der Waals surface area contributed by atoms with E-state index in [1.807, 2.05) is 73.7 Å². The second kappa shape index (κ2) is 22.8. The van der Waals surface area contributed by atoms with Crippen LogP contribution in [-0.4, -0.2) is 17.8 Å². The van der Waals surface area contributed by atoms with Gasteiger partial charge in [-0.1, -0.05) is 140 Å². The molecule has 0 fully saturated rings. The van der Waals surface area contributed by atoms with Crippen LogP contribution in [0.5, 0.6) is 46.0 Å². The lowest BCUT2D eigenvalue weighted by Gasteiger charge is -2.33. The maximum absolute atomic E-state index is 14.7. The quantitative estimate of drug-likeness (QED) is 0.0325. The molecule has 8 aromatic rings. The Morgan fingerprint density at radius 3 is 0.803 bits per heavy atom. The zero-order valence-electron chi connectivity index (χ0n) is 38.6. The highest BCUT2D eigenvalue weighted by Gasteiger charge is 2.39. The summed E-state index contributed by atoms with van der Waals surface area (Å²) in [5.41, 5.74) is 1.41. The number of hydrogen-bond donors (Lipinski definition) is 0. The van der Waals surface area contributed by atoms with E-state index in [9.17, 15) is 13.7 Å². The van der Waals surface area contributed by atoms with Crippen molar-refractivity contribution in [3.05, 3.63) is 266 Å². The molecule has 15 heteroatoms. The summed E-state index contributed by atoms with van der Waals surface area (Å²) >= 11 is 0. The Kier molecular flexibility index (Phi) is 16.0. The number of nitrogens with zero attached hydrogens (tertiary/aromatic N) is 1. The molecule has 0 aliphatic rings. The van der Waals surface area contributed by atoms with Crippen LogP contribution in [0.15, 0.2) is 250 Å². The summed E-state index contributed by atoms with van der Waals surface area (Å²) in [4.78, 5) is 0. The molecule has 0 aromatic heterocycles. The predicted octanol–water partition coefficient (Wildman–Crippen LogP) is 15.6. The fraction of sp³-hybridized carbons (Fsp3) is 0.0714. The number of phosphoric acid groups is 2. The van der Waals surface area contributed by atoms with Crippen LogP contribution in [0.2, 0.25) is 0 Å². The Hall–Kier alpha value is -7.71. The molecule has 0 saturated heterocycles. The molecule has 0 bridgehead atoms. The molecule has 0 spiro atoms. The predicted molar refractivity (Wildman–Crippen MR) is 277 cm³/mol. The Balaban J connectivity index is 1.14. The highest BCUT2D eigenvalue weighted by Crippen LogP contribution is 2.54. The molecule has 71 heavy (non-hydrogen) atoms. The van der Waals surface area contributed by atoms with Gasteiger partial charge in [0.1, 0.15) is 46.0 Å². The highest BCUT2D eigenvalue weighted by atomic mass is 31.2. The van der Waals surface area contributed by atoms with Gasteiger partial charge in [0, 0.05) is 18.5 Å². The van der Waals surface area contributed by atoms with Crippen LogP contribution < -0.4 is 36.2 Å². The lowest BCUT2D eigenvalue weighted by Crippen LogP contribution is -2.27. The van der Waals surface area contributed by atoms with E-state index in [-0.39, 0.29) is 30.3 Å². The van der Waals surface area contributed by atoms with Crippen molar-refractivity contribution in [2.45, 2.75) is 12.3 Å². The molecule has 12 nitrogen and oxygen atoms in total. The molecule has 0 aliphatic carbocycles. The van der Waals surface area contributed by atoms with Gasteiger partial charge < -0.3 is 36.2 Å². The summed E-state index contributed by atoms with van der Waals surface area (Å²) in [6.45, 7) is 10.1. The lowest BCUT2D eigenvalue weighted by molar-refractivity contribution is 0.296. The molecule has 0 aliphatic heterocycles. The Bertz CT molecular complexity index is 2870. The highest BCUT2D eigenvalue weighted by molar-refractivity contribution is 7.52. The number of para-hydroxylation sites is 5. The van der Waals surface area contributed by atoms with Gasteiger partial charge in [0.15, 0.2) is 0 Å². The lowest BCUT2D eigenvalue weighted by atomic mass is 9.71. The van der Waals surface area contributed by atoms with E-state index in [2.05, 4.69) is 13.2 Å². The second-order valence-electron chi connectivity index (χ2n) is 15.8. The number of benzene rings is 8. The van der Waals surface area contributed by atoms with Crippen molar-refractivity contribution < 1.29 is 49.9 Å². The minimum absolute atomic E-state index is 0.199. The number of phosphoric ester groups is 2. The SMILES string of the molecule is C=CCN(CC=C)P(=O)(Oc1ccccc1)Oc1ccc(C(C)(c2ccc(OP(=O)(Oc3ccccc3)Oc3ccccc3)cc2)c2ccc(OP(=O)(Oc3ccccc3)Oc3ccccc3)cc2)cc1. The minimum atomic E-state index is -4.31. The fourth-order valence-corrected chi connectivity index (χ4v) is 11.5. The summed E-state index contributed by atoms with van der Waals surface area (Å²) in [6, 6.07) is 64.6. The van der Waals surface area contributed by atoms with E-state index < -0.39 is 28.8 Å². The van der Waals surface area contributed by atoms with Gasteiger partial charge in [0.25, 0.3) is 0 Å². The molecule has 0 radical (unpaired) electrons. The molecule has 0 heterocycles. The van der Waals surface area contributed by atoms with Gasteiger partial charge in [-0.3, -0.25) is 0 Å². The van der Waals surface area contributed by atoms with E-state index in [1.165, 1.54) is 4.67 Å². The van der Waals surface area contributed by atoms with E-state index in [0.717, 1.165) is 16.7 Å². The van der Waals surface area contributed by atoms with E-state index >= 15 is 0 Å². The Morgan fingerprint density at radius 1 is 0.352 bits per heavy atom. The molecule has 8 rings (SSSR count). The van der Waals surface area contributed by atoms with Crippen LogP contribution in [-0.2, 0) is 19.1 Å². The van der Waals surface area contributed by atoms with Gasteiger partial charge in [-0.25, -0.2) is 4.57 Å². The maximum Gasteiger partial charge on any atom is 0.647 e. The minimum Gasteiger partial charge on any atom is -0.404 e. The first-order chi connectivity index (χ1) is 34.5. The zero-order chi connectivity index (χ0) is 49.6. The summed E-state index contributed by atoms with van der Waals surface area (Å²) in [5, 5.41) is 0. The first-order valence-electron chi connectivity index (χ1n) is 22.4. The van der Waals surface area contributed by atoms with E-state index in [4.69, 9.17) is 36.2 Å². The van der Waals surface area contributed by atoms with E-state index in [1.54, 1.807) is 170 Å². The Labute approximate surface area is 414 Å². The maximum atomic E-state index is 14.7. The van der Waals surface area contributed by atoms with Crippen LogP contribution >= 0.6 is 23.4 Å². The van der Waals surface area contributed by atoms with Gasteiger partial charge in [0.2, 0.25) is 0 Å². The summed E-state index contributed by atoms with van der Waals surface area (Å²) in [7, 11) is -12.6. The topological polar surface area (TPSA) is 128 Å². The fourth-order valence-electron chi connectivity index (χ4n) is 7.31. The van der Waals surface area contributed by atoms with Crippen molar-refractivity contribution >= 4 is 23.4 Å². The largest absolute Gasteiger partial charge is 0.647 e. The molecule has 0 amide bonds. The molecule has 0 N–H and O–H groups in total. The van der Waals surface area contributed by atoms with Crippen LogP contribution in [0.4, 0.5) is 0 Å². The van der Waals surface area contributed by atoms with Crippen molar-refractivity contribution in [3.8, 4) is 46.0 Å². The molecule has 1 atom stereocenters. The van der Waals surface area contributed by atoms with Crippen molar-refractivity contribution in [2.24, 2.45) is 0 Å². The third kappa shape index (κ3) is 12.9. The number of hydrogen-bond acceptors (Lipinski definition) is 11. The molecule has 360 valence electrons. The van der Waals surface area contributed by atoms with Gasteiger partial charge >= 0.3 is 23.4 Å². The molecular weight excluding hydrogens is 956 g/mol. The third-order valence-electron chi connectivity index (χ3n) is 10.8. The normalized spacial score (nSPS) is 12.4. The monoisotopic (exact) mass is 1010 g/mol. The summed E-state index contributed by atoms with van der Waals surface area (Å²) in [6.07, 6.45) is 3.23. The smallest absolute Gasteiger partial charge is 0.404 e. The molecular formula is C56H50NO11P3. The van der Waals surface area contributed by atoms with Gasteiger partial charge in [-0.05, 0) is 121 Å². The summed E-state index contributed by atoms with van der Waals surface area (Å²) < 4.78 is 93.0. The zero-order valence-corrected chi connectivity index (χ0v) is 41.3. The first-order valence-corrected chi connectivity index (χ1v) is 26.8. The first kappa shape index (κ1) is 49.7. The van der Waals surface area contributed by atoms with E-state index in [0.29, 0.717) is 28.7 Å². The second-order valence-corrected chi connectivity index (χ2v) is 20.6. The van der Waals surface area contributed by atoms with Crippen molar-refractivity contribution in [1.82, 2.24) is 4.67 Å². The van der Waals surface area contributed by atoms with Crippen molar-refractivity contribution in [2.75, 3.05) is 13.1 Å². The molecule has 1 unspecified atom stereocenters. The van der Waals surface area contributed by atoms with Gasteiger partial charge in [0.05, 0.1) is 0 Å².